The van der Waals surface area contributed by atoms with Crippen LogP contribution in [0.1, 0.15) is 52.9 Å². The maximum atomic E-state index is 12.3. The fourth-order valence-corrected chi connectivity index (χ4v) is 3.66. The molecule has 4 heteroatoms. The van der Waals surface area contributed by atoms with Gasteiger partial charge in [0.1, 0.15) is 5.76 Å². The molecule has 3 rings (SSSR count). The van der Waals surface area contributed by atoms with Gasteiger partial charge in [0.15, 0.2) is 0 Å². The first-order valence-electron chi connectivity index (χ1n) is 6.87. The minimum atomic E-state index is 0.00856. The van der Waals surface area contributed by atoms with Crippen LogP contribution >= 0.6 is 11.3 Å². The zero-order chi connectivity index (χ0) is 14.3. The third-order valence-corrected chi connectivity index (χ3v) is 4.77. The molecule has 0 saturated heterocycles. The van der Waals surface area contributed by atoms with Crippen molar-refractivity contribution in [3.05, 3.63) is 45.5 Å². The number of amides is 1. The van der Waals surface area contributed by atoms with Gasteiger partial charge in [0.05, 0.1) is 17.2 Å². The van der Waals surface area contributed by atoms with E-state index in [1.807, 2.05) is 24.4 Å². The summed E-state index contributed by atoms with van der Waals surface area (Å²) in [5.41, 5.74) is 2.45. The van der Waals surface area contributed by atoms with Crippen LogP contribution in [0.25, 0.3) is 0 Å². The van der Waals surface area contributed by atoms with Gasteiger partial charge in [-0.15, -0.1) is 11.3 Å². The summed E-state index contributed by atoms with van der Waals surface area (Å²) in [5, 5.41) is 5.10. The zero-order valence-electron chi connectivity index (χ0n) is 12.0. The molecule has 0 aliphatic heterocycles. The Balaban J connectivity index is 1.89. The Morgan fingerprint density at radius 2 is 2.30 bits per heavy atom. The number of carbonyl (C=O) groups is 1. The summed E-state index contributed by atoms with van der Waals surface area (Å²) in [6.45, 7) is 6.49. The molecule has 1 aliphatic carbocycles. The lowest BCUT2D eigenvalue weighted by atomic mass is 9.74. The predicted octanol–water partition coefficient (Wildman–Crippen LogP) is 4.09. The Hall–Kier alpha value is -1.55. The summed E-state index contributed by atoms with van der Waals surface area (Å²) < 4.78 is 5.68. The van der Waals surface area contributed by atoms with Crippen molar-refractivity contribution in [1.82, 2.24) is 5.32 Å². The first kappa shape index (κ1) is 13.4. The predicted molar refractivity (Wildman–Crippen MR) is 80.1 cm³/mol. The van der Waals surface area contributed by atoms with Crippen molar-refractivity contribution in [2.24, 2.45) is 5.41 Å². The normalized spacial score (nSPS) is 20.4. The van der Waals surface area contributed by atoms with E-state index in [4.69, 9.17) is 4.42 Å². The van der Waals surface area contributed by atoms with E-state index in [0.717, 1.165) is 29.0 Å². The molecule has 2 aromatic rings. The van der Waals surface area contributed by atoms with Crippen molar-refractivity contribution in [1.29, 1.82) is 0 Å². The highest BCUT2D eigenvalue weighted by Crippen LogP contribution is 2.42. The molecule has 0 unspecified atom stereocenters. The molecule has 3 nitrogen and oxygen atoms in total. The van der Waals surface area contributed by atoms with Crippen molar-refractivity contribution in [2.75, 3.05) is 0 Å². The molecular weight excluding hydrogens is 270 g/mol. The maximum Gasteiger partial charge on any atom is 0.261 e. The molecule has 0 radical (unpaired) electrons. The van der Waals surface area contributed by atoms with Crippen LogP contribution in [-0.2, 0) is 6.42 Å². The van der Waals surface area contributed by atoms with E-state index in [-0.39, 0.29) is 17.4 Å². The summed E-state index contributed by atoms with van der Waals surface area (Å²) in [5.74, 6) is 1.03. The van der Waals surface area contributed by atoms with Gasteiger partial charge in [-0.2, -0.15) is 0 Å². The number of thiophene rings is 1. The average Bonchev–Trinajstić information content (AvgIpc) is 2.97. The highest BCUT2D eigenvalue weighted by atomic mass is 32.1. The van der Waals surface area contributed by atoms with E-state index >= 15 is 0 Å². The van der Waals surface area contributed by atoms with Gasteiger partial charge in [-0.1, -0.05) is 19.9 Å². The van der Waals surface area contributed by atoms with Crippen molar-refractivity contribution in [3.8, 4) is 0 Å². The van der Waals surface area contributed by atoms with Gasteiger partial charge in [-0.25, -0.2) is 0 Å². The Kier molecular flexibility index (Phi) is 3.21. The monoisotopic (exact) mass is 289 g/mol. The molecule has 1 amide bonds. The van der Waals surface area contributed by atoms with Gasteiger partial charge in [-0.3, -0.25) is 4.79 Å². The Bertz CT molecular complexity index is 625. The number of rotatable bonds is 2. The summed E-state index contributed by atoms with van der Waals surface area (Å²) >= 11 is 1.47. The summed E-state index contributed by atoms with van der Waals surface area (Å²) in [7, 11) is 0. The summed E-state index contributed by atoms with van der Waals surface area (Å²) in [4.78, 5) is 13.1. The zero-order valence-corrected chi connectivity index (χ0v) is 12.8. The molecule has 2 heterocycles. The van der Waals surface area contributed by atoms with Gasteiger partial charge in [0.25, 0.3) is 5.91 Å². The minimum Gasteiger partial charge on any atom is -0.469 e. The fourth-order valence-electron chi connectivity index (χ4n) is 3.03. The molecule has 20 heavy (non-hydrogen) atoms. The van der Waals surface area contributed by atoms with E-state index in [1.54, 1.807) is 6.26 Å². The lowest BCUT2D eigenvalue weighted by Crippen LogP contribution is -2.36. The number of nitrogens with one attached hydrogen (secondary N) is 1. The van der Waals surface area contributed by atoms with E-state index in [0.29, 0.717) is 0 Å². The second kappa shape index (κ2) is 4.77. The van der Waals surface area contributed by atoms with Crippen LogP contribution in [0.3, 0.4) is 0 Å². The number of fused-ring (bicyclic) bond motifs is 1. The van der Waals surface area contributed by atoms with Crippen molar-refractivity contribution < 1.29 is 9.21 Å². The Morgan fingerprint density at radius 1 is 1.50 bits per heavy atom. The van der Waals surface area contributed by atoms with Gasteiger partial charge >= 0.3 is 0 Å². The number of hydrogen-bond donors (Lipinski definition) is 1. The average molecular weight is 289 g/mol. The summed E-state index contributed by atoms with van der Waals surface area (Å²) in [6.07, 6.45) is 3.68. The second-order valence-electron chi connectivity index (χ2n) is 6.30. The minimum absolute atomic E-state index is 0.00856. The van der Waals surface area contributed by atoms with Crippen LogP contribution in [0.2, 0.25) is 0 Å². The molecule has 1 N–H and O–H groups in total. The standard InChI is InChI=1S/C16H19NO2S/c1-10-9-19-12-8-16(2,3)7-11(14(10)12)17-15(18)13-5-4-6-20-13/h4-6,9,11H,7-8H2,1-3H3,(H,17,18)/t11-/m0/s1. The van der Waals surface area contributed by atoms with Crippen LogP contribution in [0.15, 0.2) is 28.2 Å². The molecule has 1 aliphatic rings. The third-order valence-electron chi connectivity index (χ3n) is 3.90. The van der Waals surface area contributed by atoms with Crippen LogP contribution in [-0.4, -0.2) is 5.91 Å². The molecule has 0 aromatic carbocycles. The lowest BCUT2D eigenvalue weighted by Gasteiger charge is -2.35. The van der Waals surface area contributed by atoms with Gasteiger partial charge in [0, 0.05) is 12.0 Å². The second-order valence-corrected chi connectivity index (χ2v) is 7.25. The first-order valence-corrected chi connectivity index (χ1v) is 7.75. The molecule has 106 valence electrons. The van der Waals surface area contributed by atoms with Crippen LogP contribution in [0.4, 0.5) is 0 Å². The van der Waals surface area contributed by atoms with Crippen LogP contribution in [0.5, 0.6) is 0 Å². The smallest absolute Gasteiger partial charge is 0.261 e. The third kappa shape index (κ3) is 2.40. The van der Waals surface area contributed by atoms with E-state index in [9.17, 15) is 4.79 Å². The van der Waals surface area contributed by atoms with Crippen molar-refractivity contribution >= 4 is 17.2 Å². The molecule has 0 spiro atoms. The van der Waals surface area contributed by atoms with Crippen molar-refractivity contribution in [3.63, 3.8) is 0 Å². The highest BCUT2D eigenvalue weighted by Gasteiger charge is 2.36. The number of aryl methyl sites for hydroxylation is 1. The maximum absolute atomic E-state index is 12.3. The summed E-state index contributed by atoms with van der Waals surface area (Å²) in [6, 6.07) is 3.80. The van der Waals surface area contributed by atoms with E-state index in [1.165, 1.54) is 16.9 Å². The number of hydrogen-bond acceptors (Lipinski definition) is 3. The van der Waals surface area contributed by atoms with E-state index < -0.39 is 0 Å². The molecule has 0 fully saturated rings. The lowest BCUT2D eigenvalue weighted by molar-refractivity contribution is 0.0921. The number of carbonyl (C=O) groups excluding carboxylic acids is 1. The molecule has 2 aromatic heterocycles. The van der Waals surface area contributed by atoms with Crippen LogP contribution < -0.4 is 5.32 Å². The highest BCUT2D eigenvalue weighted by molar-refractivity contribution is 7.12. The van der Waals surface area contributed by atoms with Crippen molar-refractivity contribution in [2.45, 2.75) is 39.7 Å². The Labute approximate surface area is 123 Å². The van der Waals surface area contributed by atoms with Gasteiger partial charge in [0.2, 0.25) is 0 Å². The quantitative estimate of drug-likeness (QED) is 0.904. The molecule has 0 bridgehead atoms. The molecular formula is C16H19NO2S. The van der Waals surface area contributed by atoms with E-state index in [2.05, 4.69) is 19.2 Å². The van der Waals surface area contributed by atoms with Gasteiger partial charge < -0.3 is 9.73 Å². The number of furan rings is 1. The topological polar surface area (TPSA) is 42.2 Å². The SMILES string of the molecule is Cc1coc2c1[C@@H](NC(=O)c1cccs1)CC(C)(C)C2. The van der Waals surface area contributed by atoms with Crippen LogP contribution in [0, 0.1) is 12.3 Å². The fraction of sp³-hybridized carbons (Fsp3) is 0.438. The Morgan fingerprint density at radius 3 is 3.00 bits per heavy atom. The largest absolute Gasteiger partial charge is 0.469 e. The van der Waals surface area contributed by atoms with Gasteiger partial charge in [-0.05, 0) is 35.8 Å². The first-order chi connectivity index (χ1) is 9.46. The molecule has 0 saturated carbocycles. The molecule has 1 atom stereocenters.